The fraction of sp³-hybridized carbons (Fsp3) is 0.125. The van der Waals surface area contributed by atoms with Crippen LogP contribution in [-0.4, -0.2) is 9.38 Å². The average Bonchev–Trinajstić information content (AvgIpc) is 2.47. The summed E-state index contributed by atoms with van der Waals surface area (Å²) < 4.78 is 2.79. The third-order valence-electron chi connectivity index (χ3n) is 1.74. The van der Waals surface area contributed by atoms with Crippen molar-refractivity contribution in [2.75, 3.05) is 0 Å². The number of hydrogen-bond donors (Lipinski definition) is 0. The molecule has 0 atom stereocenters. The molecule has 13 heavy (non-hydrogen) atoms. The average molecular weight is 280 g/mol. The van der Waals surface area contributed by atoms with Crippen LogP contribution in [0.15, 0.2) is 22.9 Å². The SMILES string of the molecule is ClCc1cnc2c(Cl)cc(Br)cn12. The van der Waals surface area contributed by atoms with Crippen molar-refractivity contribution >= 4 is 44.8 Å². The van der Waals surface area contributed by atoms with Crippen molar-refractivity contribution in [1.82, 2.24) is 9.38 Å². The Kier molecular flexibility index (Phi) is 2.49. The van der Waals surface area contributed by atoms with E-state index in [2.05, 4.69) is 20.9 Å². The van der Waals surface area contributed by atoms with E-state index in [1.807, 2.05) is 16.7 Å². The van der Waals surface area contributed by atoms with Gasteiger partial charge in [0.2, 0.25) is 0 Å². The number of aromatic nitrogens is 2. The molecule has 0 bridgehead atoms. The molecule has 0 amide bonds. The van der Waals surface area contributed by atoms with Gasteiger partial charge in [-0.3, -0.25) is 0 Å². The summed E-state index contributed by atoms with van der Waals surface area (Å²) in [5.41, 5.74) is 1.67. The Morgan fingerprint density at radius 3 is 3.00 bits per heavy atom. The molecule has 68 valence electrons. The number of halogens is 3. The Bertz CT molecular complexity index is 453. The van der Waals surface area contributed by atoms with Gasteiger partial charge < -0.3 is 4.40 Å². The van der Waals surface area contributed by atoms with Crippen molar-refractivity contribution < 1.29 is 0 Å². The normalized spacial score (nSPS) is 11.0. The Labute approximate surface area is 93.6 Å². The minimum atomic E-state index is 0.425. The lowest BCUT2D eigenvalue weighted by molar-refractivity contribution is 1.08. The minimum absolute atomic E-state index is 0.425. The first kappa shape index (κ1) is 9.31. The first-order valence-corrected chi connectivity index (χ1v) is 5.30. The molecule has 0 saturated carbocycles. The smallest absolute Gasteiger partial charge is 0.155 e. The molecule has 2 aromatic rings. The van der Waals surface area contributed by atoms with E-state index >= 15 is 0 Å². The zero-order chi connectivity index (χ0) is 9.42. The summed E-state index contributed by atoms with van der Waals surface area (Å²) >= 11 is 15.1. The molecule has 2 heterocycles. The molecule has 0 aliphatic carbocycles. The first-order chi connectivity index (χ1) is 6.22. The van der Waals surface area contributed by atoms with Crippen LogP contribution in [0.1, 0.15) is 5.69 Å². The van der Waals surface area contributed by atoms with Gasteiger partial charge in [-0.2, -0.15) is 0 Å². The molecule has 0 spiro atoms. The van der Waals surface area contributed by atoms with Crippen molar-refractivity contribution in [1.29, 1.82) is 0 Å². The number of nitrogens with zero attached hydrogens (tertiary/aromatic N) is 2. The highest BCUT2D eigenvalue weighted by atomic mass is 79.9. The van der Waals surface area contributed by atoms with Crippen molar-refractivity contribution in [3.63, 3.8) is 0 Å². The Morgan fingerprint density at radius 1 is 1.54 bits per heavy atom. The molecular weight excluding hydrogens is 275 g/mol. The van der Waals surface area contributed by atoms with Crippen LogP contribution in [0.2, 0.25) is 5.02 Å². The van der Waals surface area contributed by atoms with Gasteiger partial charge >= 0.3 is 0 Å². The second kappa shape index (κ2) is 3.48. The first-order valence-electron chi connectivity index (χ1n) is 3.59. The molecule has 2 rings (SSSR count). The lowest BCUT2D eigenvalue weighted by Gasteiger charge is -2.00. The van der Waals surface area contributed by atoms with Crippen LogP contribution < -0.4 is 0 Å². The lowest BCUT2D eigenvalue weighted by Crippen LogP contribution is -1.89. The molecule has 0 aromatic carbocycles. The van der Waals surface area contributed by atoms with Crippen molar-refractivity contribution in [2.24, 2.45) is 0 Å². The van der Waals surface area contributed by atoms with E-state index in [4.69, 9.17) is 23.2 Å². The molecule has 0 aliphatic rings. The van der Waals surface area contributed by atoms with Gasteiger partial charge in [0.1, 0.15) is 0 Å². The largest absolute Gasteiger partial charge is 0.300 e. The molecular formula is C8H5BrCl2N2. The number of imidazole rings is 1. The van der Waals surface area contributed by atoms with Crippen molar-refractivity contribution in [3.8, 4) is 0 Å². The number of pyridine rings is 1. The molecule has 2 aromatic heterocycles. The van der Waals surface area contributed by atoms with Gasteiger partial charge in [0, 0.05) is 10.7 Å². The number of fused-ring (bicyclic) bond motifs is 1. The standard InChI is InChI=1S/C8H5BrCl2N2/c9-5-1-7(11)8-12-3-6(2-10)13(8)4-5/h1,3-4H,2H2. The van der Waals surface area contributed by atoms with E-state index in [0.29, 0.717) is 10.9 Å². The number of hydrogen-bond acceptors (Lipinski definition) is 1. The van der Waals surface area contributed by atoms with E-state index in [1.165, 1.54) is 0 Å². The summed E-state index contributed by atoms with van der Waals surface area (Å²) in [5.74, 6) is 0.425. The van der Waals surface area contributed by atoms with E-state index in [0.717, 1.165) is 15.8 Å². The van der Waals surface area contributed by atoms with Gasteiger partial charge in [-0.05, 0) is 22.0 Å². The predicted octanol–water partition coefficient (Wildman–Crippen LogP) is 3.49. The maximum atomic E-state index is 5.98. The summed E-state index contributed by atoms with van der Waals surface area (Å²) in [6, 6.07) is 1.81. The monoisotopic (exact) mass is 278 g/mol. The van der Waals surface area contributed by atoms with Crippen LogP contribution in [0.25, 0.3) is 5.65 Å². The number of alkyl halides is 1. The molecule has 0 saturated heterocycles. The maximum Gasteiger partial charge on any atom is 0.155 e. The highest BCUT2D eigenvalue weighted by Crippen LogP contribution is 2.23. The quantitative estimate of drug-likeness (QED) is 0.731. The zero-order valence-corrected chi connectivity index (χ0v) is 9.57. The molecule has 0 fully saturated rings. The van der Waals surface area contributed by atoms with Crippen molar-refractivity contribution in [2.45, 2.75) is 5.88 Å². The molecule has 0 radical (unpaired) electrons. The van der Waals surface area contributed by atoms with Gasteiger partial charge in [-0.15, -0.1) is 11.6 Å². The fourth-order valence-corrected chi connectivity index (χ4v) is 2.18. The summed E-state index contributed by atoms with van der Waals surface area (Å²) in [4.78, 5) is 4.16. The highest BCUT2D eigenvalue weighted by molar-refractivity contribution is 9.10. The van der Waals surface area contributed by atoms with Gasteiger partial charge in [0.15, 0.2) is 5.65 Å². The Hall–Kier alpha value is -0.250. The second-order valence-corrected chi connectivity index (χ2v) is 4.17. The number of rotatable bonds is 1. The molecule has 0 N–H and O–H groups in total. The van der Waals surface area contributed by atoms with E-state index in [-0.39, 0.29) is 0 Å². The third-order valence-corrected chi connectivity index (χ3v) is 2.73. The van der Waals surface area contributed by atoms with Crippen LogP contribution in [0.5, 0.6) is 0 Å². The fourth-order valence-electron chi connectivity index (χ4n) is 1.16. The highest BCUT2D eigenvalue weighted by Gasteiger charge is 2.06. The summed E-state index contributed by atoms with van der Waals surface area (Å²) in [6.07, 6.45) is 3.62. The van der Waals surface area contributed by atoms with Crippen LogP contribution in [0, 0.1) is 0 Å². The summed E-state index contributed by atoms with van der Waals surface area (Å²) in [6.45, 7) is 0. The third kappa shape index (κ3) is 1.56. The van der Waals surface area contributed by atoms with Crippen LogP contribution in [-0.2, 0) is 5.88 Å². The van der Waals surface area contributed by atoms with E-state index in [9.17, 15) is 0 Å². The van der Waals surface area contributed by atoms with Crippen LogP contribution in [0.3, 0.4) is 0 Å². The van der Waals surface area contributed by atoms with Gasteiger partial charge in [0.05, 0.1) is 22.8 Å². The zero-order valence-electron chi connectivity index (χ0n) is 6.47. The lowest BCUT2D eigenvalue weighted by atomic mass is 10.4. The summed E-state index contributed by atoms with van der Waals surface area (Å²) in [7, 11) is 0. The predicted molar refractivity (Wildman–Crippen MR) is 57.5 cm³/mol. The van der Waals surface area contributed by atoms with Gasteiger partial charge in [-0.25, -0.2) is 4.98 Å². The molecule has 2 nitrogen and oxygen atoms in total. The van der Waals surface area contributed by atoms with E-state index < -0.39 is 0 Å². The van der Waals surface area contributed by atoms with Crippen LogP contribution >= 0.6 is 39.1 Å². The maximum absolute atomic E-state index is 5.98. The van der Waals surface area contributed by atoms with Gasteiger partial charge in [0.25, 0.3) is 0 Å². The van der Waals surface area contributed by atoms with Crippen molar-refractivity contribution in [3.05, 3.63) is 33.6 Å². The van der Waals surface area contributed by atoms with Gasteiger partial charge in [-0.1, -0.05) is 11.6 Å². The summed E-state index contributed by atoms with van der Waals surface area (Å²) in [5, 5.41) is 0.616. The Morgan fingerprint density at radius 2 is 2.31 bits per heavy atom. The Balaban J connectivity index is 2.82. The molecule has 0 aliphatic heterocycles. The second-order valence-electron chi connectivity index (χ2n) is 2.58. The van der Waals surface area contributed by atoms with Crippen LogP contribution in [0.4, 0.5) is 0 Å². The van der Waals surface area contributed by atoms with E-state index in [1.54, 1.807) is 6.20 Å². The molecule has 0 unspecified atom stereocenters. The topological polar surface area (TPSA) is 17.3 Å². The minimum Gasteiger partial charge on any atom is -0.300 e. The molecule has 5 heteroatoms.